The molecular formula is C26H27N5O6. The smallest absolute Gasteiger partial charge is 0.255 e. The molecule has 192 valence electrons. The Labute approximate surface area is 213 Å². The average molecular weight is 506 g/mol. The second kappa shape index (κ2) is 10.8. The second-order valence-electron chi connectivity index (χ2n) is 8.99. The lowest BCUT2D eigenvalue weighted by Crippen LogP contribution is -2.52. The summed E-state index contributed by atoms with van der Waals surface area (Å²) < 4.78 is 17.1. The van der Waals surface area contributed by atoms with Crippen LogP contribution in [0.1, 0.15) is 35.2 Å². The van der Waals surface area contributed by atoms with Crippen LogP contribution < -0.4 is 20.1 Å². The van der Waals surface area contributed by atoms with Crippen LogP contribution in [0, 0.1) is 5.53 Å². The second-order valence-corrected chi connectivity index (χ2v) is 8.99. The zero-order chi connectivity index (χ0) is 25.8. The fraction of sp³-hybridized carbons (Fsp3) is 0.346. The molecule has 0 aliphatic carbocycles. The number of piperidine rings is 1. The van der Waals surface area contributed by atoms with Gasteiger partial charge >= 0.3 is 0 Å². The zero-order valence-electron chi connectivity index (χ0n) is 20.1. The molecule has 3 amide bonds. The minimum atomic E-state index is -0.698. The number of benzene rings is 2. The molecule has 2 aromatic rings. The number of carbonyl (C=O) groups is 3. The fourth-order valence-electron chi connectivity index (χ4n) is 4.54. The highest BCUT2D eigenvalue weighted by Crippen LogP contribution is 2.33. The van der Waals surface area contributed by atoms with E-state index in [1.54, 1.807) is 24.4 Å². The monoisotopic (exact) mass is 505 g/mol. The first-order chi connectivity index (χ1) is 18.0. The van der Waals surface area contributed by atoms with Crippen molar-refractivity contribution >= 4 is 23.4 Å². The van der Waals surface area contributed by atoms with Crippen molar-refractivity contribution in [3.63, 3.8) is 0 Å². The van der Waals surface area contributed by atoms with Gasteiger partial charge in [0.05, 0.1) is 19.8 Å². The lowest BCUT2D eigenvalue weighted by molar-refractivity contribution is -0.136. The van der Waals surface area contributed by atoms with Gasteiger partial charge in [-0.1, -0.05) is 6.07 Å². The molecule has 2 saturated heterocycles. The number of hydrogen-bond acceptors (Lipinski definition) is 9. The Morgan fingerprint density at radius 2 is 2.03 bits per heavy atom. The maximum atomic E-state index is 13.0. The van der Waals surface area contributed by atoms with E-state index in [4.69, 9.17) is 19.7 Å². The molecule has 3 heterocycles. The maximum Gasteiger partial charge on any atom is 0.255 e. The first-order valence-corrected chi connectivity index (χ1v) is 12.1. The van der Waals surface area contributed by atoms with Crippen LogP contribution in [0.2, 0.25) is 0 Å². The zero-order valence-corrected chi connectivity index (χ0v) is 20.1. The summed E-state index contributed by atoms with van der Waals surface area (Å²) in [5.74, 6) is 0.178. The van der Waals surface area contributed by atoms with Crippen molar-refractivity contribution in [3.8, 4) is 11.5 Å². The van der Waals surface area contributed by atoms with Crippen molar-refractivity contribution in [2.75, 3.05) is 25.1 Å². The molecule has 0 bridgehead atoms. The molecular weight excluding hydrogens is 478 g/mol. The van der Waals surface area contributed by atoms with E-state index < -0.39 is 11.9 Å². The quantitative estimate of drug-likeness (QED) is 0.351. The van der Waals surface area contributed by atoms with Crippen LogP contribution in [0.15, 0.2) is 59.5 Å². The van der Waals surface area contributed by atoms with Crippen molar-refractivity contribution in [3.05, 3.63) is 65.5 Å². The molecule has 3 aliphatic rings. The number of hydrogen-bond donors (Lipinski definition) is 3. The highest BCUT2D eigenvalue weighted by atomic mass is 16.5. The minimum absolute atomic E-state index is 0.00242. The molecule has 2 atom stereocenters. The molecule has 0 aromatic heterocycles. The van der Waals surface area contributed by atoms with Crippen molar-refractivity contribution in [1.29, 1.82) is 5.53 Å². The van der Waals surface area contributed by atoms with Gasteiger partial charge in [0.25, 0.3) is 5.91 Å². The third-order valence-corrected chi connectivity index (χ3v) is 6.51. The van der Waals surface area contributed by atoms with Crippen LogP contribution >= 0.6 is 0 Å². The highest BCUT2D eigenvalue weighted by molar-refractivity contribution is 6.05. The molecule has 0 saturated carbocycles. The Balaban J connectivity index is 1.20. The van der Waals surface area contributed by atoms with E-state index in [9.17, 15) is 14.4 Å². The van der Waals surface area contributed by atoms with E-state index >= 15 is 0 Å². The predicted octanol–water partition coefficient (Wildman–Crippen LogP) is 2.98. The molecule has 3 N–H and O–H groups in total. The van der Waals surface area contributed by atoms with Gasteiger partial charge in [-0.05, 0) is 42.8 Å². The molecule has 11 heteroatoms. The minimum Gasteiger partial charge on any atom is -0.488 e. The fourth-order valence-corrected chi connectivity index (χ4v) is 4.54. The van der Waals surface area contributed by atoms with Crippen LogP contribution in [0.4, 0.5) is 5.69 Å². The number of nitrogens with zero attached hydrogens (tertiary/aromatic N) is 2. The van der Waals surface area contributed by atoms with Crippen LogP contribution in [-0.4, -0.2) is 54.6 Å². The van der Waals surface area contributed by atoms with Gasteiger partial charge in [-0.3, -0.25) is 19.7 Å². The normalized spacial score (nSPS) is 21.5. The Morgan fingerprint density at radius 3 is 2.76 bits per heavy atom. The van der Waals surface area contributed by atoms with Gasteiger partial charge < -0.3 is 24.4 Å². The predicted molar refractivity (Wildman–Crippen MR) is 131 cm³/mol. The molecule has 0 radical (unpaired) electrons. The van der Waals surface area contributed by atoms with Gasteiger partial charge in [0.1, 0.15) is 35.9 Å². The SMILES string of the molecule is N=N/C(=C\Nc1ccc(O[C@@H]2CCOC2)cc1)COc1cccc2c1CN(C1CCC(=O)NC1=O)C2=O. The summed E-state index contributed by atoms with van der Waals surface area (Å²) in [7, 11) is 0. The molecule has 1 unspecified atom stereocenters. The number of fused-ring (bicyclic) bond motifs is 1. The van der Waals surface area contributed by atoms with Gasteiger partial charge in [0.15, 0.2) is 0 Å². The lowest BCUT2D eigenvalue weighted by Gasteiger charge is -2.29. The Bertz CT molecular complexity index is 1240. The van der Waals surface area contributed by atoms with Crippen LogP contribution in [0.5, 0.6) is 11.5 Å². The van der Waals surface area contributed by atoms with Gasteiger partial charge in [-0.2, -0.15) is 5.11 Å². The number of ether oxygens (including phenoxy) is 3. The lowest BCUT2D eigenvalue weighted by atomic mass is 10.0. The van der Waals surface area contributed by atoms with Crippen LogP contribution in [-0.2, 0) is 20.9 Å². The highest BCUT2D eigenvalue weighted by Gasteiger charge is 2.40. The Kier molecular flexibility index (Phi) is 7.13. The number of amides is 3. The van der Waals surface area contributed by atoms with E-state index in [1.807, 2.05) is 24.3 Å². The van der Waals surface area contributed by atoms with E-state index in [1.165, 1.54) is 4.90 Å². The molecule has 3 aliphatic heterocycles. The van der Waals surface area contributed by atoms with Gasteiger partial charge in [0, 0.05) is 35.9 Å². The molecule has 0 spiro atoms. The number of carbonyl (C=O) groups excluding carboxylic acids is 3. The average Bonchev–Trinajstić information content (AvgIpc) is 3.53. The van der Waals surface area contributed by atoms with Crippen molar-refractivity contribution in [1.82, 2.24) is 10.2 Å². The summed E-state index contributed by atoms with van der Waals surface area (Å²) in [6.45, 7) is 1.53. The number of imide groups is 1. The molecule has 2 fully saturated rings. The largest absolute Gasteiger partial charge is 0.488 e. The van der Waals surface area contributed by atoms with Crippen molar-refractivity contribution < 1.29 is 28.6 Å². The number of anilines is 1. The van der Waals surface area contributed by atoms with Gasteiger partial charge in [0.2, 0.25) is 11.8 Å². The molecule has 5 rings (SSSR count). The maximum absolute atomic E-state index is 13.0. The van der Waals surface area contributed by atoms with Gasteiger partial charge in [-0.15, -0.1) is 0 Å². The third-order valence-electron chi connectivity index (χ3n) is 6.51. The summed E-state index contributed by atoms with van der Waals surface area (Å²) in [6.07, 6.45) is 3.02. The Hall–Kier alpha value is -4.25. The summed E-state index contributed by atoms with van der Waals surface area (Å²) in [4.78, 5) is 38.2. The standard InChI is InChI=1S/C26H27N5O6/c27-30-17(12-28-16-4-6-18(7-5-16)37-19-10-11-35-15-19)14-36-23-3-1-2-20-21(23)13-31(26(20)34)22-8-9-24(32)29-25(22)33/h1-7,12,19,22,27-28H,8-11,13-15H2,(H,29,32,33)/b17-12-,30-27?/t19-,22?/m1/s1. The van der Waals surface area contributed by atoms with Crippen molar-refractivity contribution in [2.45, 2.75) is 38.0 Å². The topological polar surface area (TPSA) is 142 Å². The van der Waals surface area contributed by atoms with Crippen molar-refractivity contribution in [2.24, 2.45) is 5.11 Å². The third kappa shape index (κ3) is 5.46. The van der Waals surface area contributed by atoms with Crippen LogP contribution in [0.3, 0.4) is 0 Å². The van der Waals surface area contributed by atoms with E-state index in [-0.39, 0.29) is 37.5 Å². The Morgan fingerprint density at radius 1 is 1.19 bits per heavy atom. The van der Waals surface area contributed by atoms with E-state index in [0.717, 1.165) is 24.5 Å². The van der Waals surface area contributed by atoms with E-state index in [0.29, 0.717) is 35.6 Å². The first kappa shape index (κ1) is 24.4. The summed E-state index contributed by atoms with van der Waals surface area (Å²) in [5, 5.41) is 8.94. The van der Waals surface area contributed by atoms with E-state index in [2.05, 4.69) is 15.7 Å². The summed E-state index contributed by atoms with van der Waals surface area (Å²) in [6, 6.07) is 11.9. The van der Waals surface area contributed by atoms with Crippen LogP contribution in [0.25, 0.3) is 0 Å². The summed E-state index contributed by atoms with van der Waals surface area (Å²) in [5.41, 5.74) is 9.77. The molecule has 37 heavy (non-hydrogen) atoms. The summed E-state index contributed by atoms with van der Waals surface area (Å²) >= 11 is 0. The number of rotatable bonds is 9. The molecule has 11 nitrogen and oxygen atoms in total. The number of nitrogens with one attached hydrogen (secondary N) is 3. The first-order valence-electron chi connectivity index (χ1n) is 12.1. The van der Waals surface area contributed by atoms with Gasteiger partial charge in [-0.25, -0.2) is 5.53 Å². The molecule has 2 aromatic carbocycles.